The van der Waals surface area contributed by atoms with E-state index in [1.807, 2.05) is 30.5 Å². The van der Waals surface area contributed by atoms with Crippen LogP contribution in [0.5, 0.6) is 11.5 Å². The molecule has 7 heteroatoms. The average molecular weight is 347 g/mol. The second-order valence-electron chi connectivity index (χ2n) is 5.68. The van der Waals surface area contributed by atoms with E-state index in [1.165, 1.54) is 30.5 Å². The molecule has 7 nitrogen and oxygen atoms in total. The number of benzene rings is 2. The first-order chi connectivity index (χ1) is 12.6. The number of nitro benzene ring substituents is 1. The van der Waals surface area contributed by atoms with E-state index in [9.17, 15) is 14.9 Å². The summed E-state index contributed by atoms with van der Waals surface area (Å²) in [6, 6.07) is 15.0. The van der Waals surface area contributed by atoms with Crippen LogP contribution in [0.25, 0.3) is 22.0 Å². The highest BCUT2D eigenvalue weighted by Gasteiger charge is 2.11. The number of hydrogen-bond donors (Lipinski definition) is 2. The highest BCUT2D eigenvalue weighted by Crippen LogP contribution is 2.29. The van der Waals surface area contributed by atoms with Gasteiger partial charge in [-0.2, -0.15) is 0 Å². The molecule has 0 amide bonds. The predicted molar refractivity (Wildman–Crippen MR) is 97.5 cm³/mol. The van der Waals surface area contributed by atoms with Gasteiger partial charge in [-0.05, 0) is 35.9 Å². The van der Waals surface area contributed by atoms with Crippen molar-refractivity contribution in [2.75, 3.05) is 0 Å². The van der Waals surface area contributed by atoms with Crippen LogP contribution in [0.1, 0.15) is 0 Å². The molecule has 128 valence electrons. The molecule has 0 aliphatic heterocycles. The van der Waals surface area contributed by atoms with E-state index >= 15 is 0 Å². The molecular formula is C19H13N3O4. The van der Waals surface area contributed by atoms with Crippen LogP contribution in [0.15, 0.2) is 71.8 Å². The smallest absolute Gasteiger partial charge is 0.269 e. The summed E-state index contributed by atoms with van der Waals surface area (Å²) < 4.78 is 5.72. The van der Waals surface area contributed by atoms with Crippen LogP contribution in [0.3, 0.4) is 0 Å². The van der Waals surface area contributed by atoms with Crippen LogP contribution < -0.4 is 10.3 Å². The Hall–Kier alpha value is -3.87. The first kappa shape index (κ1) is 15.6. The summed E-state index contributed by atoms with van der Waals surface area (Å²) >= 11 is 0. The molecular weight excluding hydrogens is 334 g/mol. The molecule has 0 bridgehead atoms. The third kappa shape index (κ3) is 2.82. The third-order valence-corrected chi connectivity index (χ3v) is 4.05. The van der Waals surface area contributed by atoms with Gasteiger partial charge in [0.05, 0.1) is 10.5 Å². The fraction of sp³-hybridized carbons (Fsp3) is 0. The molecule has 0 unspecified atom stereocenters. The molecule has 2 aromatic heterocycles. The van der Waals surface area contributed by atoms with Crippen molar-refractivity contribution >= 4 is 16.6 Å². The van der Waals surface area contributed by atoms with Gasteiger partial charge in [0, 0.05) is 35.4 Å². The van der Waals surface area contributed by atoms with Gasteiger partial charge in [0.1, 0.15) is 11.5 Å². The number of non-ortho nitro benzene ring substituents is 1. The van der Waals surface area contributed by atoms with E-state index in [2.05, 4.69) is 9.97 Å². The number of nitrogens with one attached hydrogen (secondary N) is 2. The molecule has 2 N–H and O–H groups in total. The fourth-order valence-electron chi connectivity index (χ4n) is 2.82. The topological polar surface area (TPSA) is 101 Å². The maximum atomic E-state index is 12.3. The second kappa shape index (κ2) is 6.21. The zero-order valence-corrected chi connectivity index (χ0v) is 13.4. The lowest BCUT2D eigenvalue weighted by atomic mass is 10.0. The predicted octanol–water partition coefficient (Wildman–Crippen LogP) is 4.22. The van der Waals surface area contributed by atoms with Crippen molar-refractivity contribution in [2.45, 2.75) is 0 Å². The summed E-state index contributed by atoms with van der Waals surface area (Å²) in [5, 5.41) is 11.7. The zero-order valence-electron chi connectivity index (χ0n) is 13.4. The molecule has 0 radical (unpaired) electrons. The third-order valence-electron chi connectivity index (χ3n) is 4.05. The van der Waals surface area contributed by atoms with Crippen molar-refractivity contribution in [1.82, 2.24) is 9.97 Å². The molecule has 0 fully saturated rings. The monoisotopic (exact) mass is 347 g/mol. The number of nitrogens with zero attached hydrogens (tertiary/aromatic N) is 1. The van der Waals surface area contributed by atoms with Gasteiger partial charge in [-0.1, -0.05) is 12.1 Å². The van der Waals surface area contributed by atoms with Gasteiger partial charge >= 0.3 is 0 Å². The number of H-pyrrole nitrogens is 2. The van der Waals surface area contributed by atoms with Gasteiger partial charge in [0.15, 0.2) is 0 Å². The summed E-state index contributed by atoms with van der Waals surface area (Å²) in [6.07, 6.45) is 3.28. The van der Waals surface area contributed by atoms with Gasteiger partial charge in [-0.3, -0.25) is 14.9 Å². The molecule has 2 heterocycles. The molecule has 0 aliphatic rings. The average Bonchev–Trinajstić information content (AvgIpc) is 3.13. The van der Waals surface area contributed by atoms with Gasteiger partial charge in [-0.15, -0.1) is 0 Å². The Labute approximate surface area is 147 Å². The molecule has 4 rings (SSSR count). The van der Waals surface area contributed by atoms with Crippen LogP contribution in [0, 0.1) is 10.1 Å². The molecule has 0 saturated carbocycles. The molecule has 2 aromatic carbocycles. The van der Waals surface area contributed by atoms with E-state index in [-0.39, 0.29) is 11.2 Å². The summed E-state index contributed by atoms with van der Waals surface area (Å²) in [6.45, 7) is 0. The maximum Gasteiger partial charge on any atom is 0.269 e. The van der Waals surface area contributed by atoms with E-state index in [1.54, 1.807) is 6.07 Å². The normalized spacial score (nSPS) is 10.8. The van der Waals surface area contributed by atoms with Gasteiger partial charge in [0.25, 0.3) is 11.2 Å². The van der Waals surface area contributed by atoms with Crippen LogP contribution in [-0.4, -0.2) is 14.9 Å². The van der Waals surface area contributed by atoms with Crippen molar-refractivity contribution in [1.29, 1.82) is 0 Å². The summed E-state index contributed by atoms with van der Waals surface area (Å²) in [5.41, 5.74) is 1.96. The quantitative estimate of drug-likeness (QED) is 0.426. The Morgan fingerprint density at radius 1 is 0.923 bits per heavy atom. The van der Waals surface area contributed by atoms with Crippen LogP contribution in [-0.2, 0) is 0 Å². The Bertz CT molecular complexity index is 1160. The zero-order chi connectivity index (χ0) is 18.1. The number of rotatable bonds is 4. The Kier molecular flexibility index (Phi) is 3.74. The largest absolute Gasteiger partial charge is 0.456 e. The minimum Gasteiger partial charge on any atom is -0.456 e. The maximum absolute atomic E-state index is 12.3. The van der Waals surface area contributed by atoms with E-state index in [4.69, 9.17) is 4.74 Å². The number of hydrogen-bond acceptors (Lipinski definition) is 4. The summed E-state index contributed by atoms with van der Waals surface area (Å²) in [4.78, 5) is 28.4. The van der Waals surface area contributed by atoms with Gasteiger partial charge in [-0.25, -0.2) is 0 Å². The lowest BCUT2D eigenvalue weighted by molar-refractivity contribution is -0.384. The molecule has 0 saturated heterocycles. The number of aromatic nitrogens is 2. The number of ether oxygens (including phenoxy) is 1. The van der Waals surface area contributed by atoms with Crippen molar-refractivity contribution in [3.05, 3.63) is 87.5 Å². The first-order valence-corrected chi connectivity index (χ1v) is 7.83. The van der Waals surface area contributed by atoms with Crippen LogP contribution >= 0.6 is 0 Å². The lowest BCUT2D eigenvalue weighted by Crippen LogP contribution is -2.08. The number of aromatic amines is 2. The summed E-state index contributed by atoms with van der Waals surface area (Å²) in [5.74, 6) is 0.870. The Morgan fingerprint density at radius 2 is 1.73 bits per heavy atom. The fourth-order valence-corrected chi connectivity index (χ4v) is 2.82. The highest BCUT2D eigenvalue weighted by atomic mass is 16.6. The lowest BCUT2D eigenvalue weighted by Gasteiger charge is -2.08. The van der Waals surface area contributed by atoms with Gasteiger partial charge < -0.3 is 14.7 Å². The van der Waals surface area contributed by atoms with Crippen molar-refractivity contribution in [2.24, 2.45) is 0 Å². The summed E-state index contributed by atoms with van der Waals surface area (Å²) in [7, 11) is 0. The minimum absolute atomic E-state index is 0.0151. The highest BCUT2D eigenvalue weighted by molar-refractivity contribution is 5.95. The standard InChI is InChI=1S/C19H13N3O4/c23-19-17(15-2-1-3-18-16(15)8-9-20-18)10-14(11-21-19)26-13-6-4-12(5-7-13)22(24)25/h1-11,20H,(H,21,23). The van der Waals surface area contributed by atoms with Crippen molar-refractivity contribution in [3.8, 4) is 22.6 Å². The van der Waals surface area contributed by atoms with Crippen molar-refractivity contribution < 1.29 is 9.66 Å². The second-order valence-corrected chi connectivity index (χ2v) is 5.68. The van der Waals surface area contributed by atoms with Crippen LogP contribution in [0.2, 0.25) is 0 Å². The Morgan fingerprint density at radius 3 is 2.50 bits per heavy atom. The van der Waals surface area contributed by atoms with Crippen LogP contribution in [0.4, 0.5) is 5.69 Å². The van der Waals surface area contributed by atoms with E-state index < -0.39 is 4.92 Å². The van der Waals surface area contributed by atoms with Crippen molar-refractivity contribution in [3.63, 3.8) is 0 Å². The van der Waals surface area contributed by atoms with E-state index in [0.717, 1.165) is 16.5 Å². The molecule has 0 atom stereocenters. The number of nitro groups is 1. The number of fused-ring (bicyclic) bond motifs is 1. The SMILES string of the molecule is O=c1[nH]cc(Oc2ccc([N+](=O)[O-])cc2)cc1-c1cccc2[nH]ccc12. The molecule has 4 aromatic rings. The molecule has 0 aliphatic carbocycles. The first-order valence-electron chi connectivity index (χ1n) is 7.83. The van der Waals surface area contributed by atoms with E-state index in [0.29, 0.717) is 17.1 Å². The number of pyridine rings is 1. The minimum atomic E-state index is -0.473. The van der Waals surface area contributed by atoms with Gasteiger partial charge in [0.2, 0.25) is 0 Å². The molecule has 0 spiro atoms. The Balaban J connectivity index is 1.71. The molecule has 26 heavy (non-hydrogen) atoms.